The molecule has 0 aliphatic rings. The van der Waals surface area contributed by atoms with Gasteiger partial charge in [-0.05, 0) is 49.2 Å². The summed E-state index contributed by atoms with van der Waals surface area (Å²) in [7, 11) is 3.34. The molecule has 0 aliphatic carbocycles. The summed E-state index contributed by atoms with van der Waals surface area (Å²) in [6, 6.07) is 17.5. The van der Waals surface area contributed by atoms with Gasteiger partial charge in [-0.1, -0.05) is 32.0 Å². The van der Waals surface area contributed by atoms with Crippen LogP contribution in [0.1, 0.15) is 31.5 Å². The van der Waals surface area contributed by atoms with Crippen molar-refractivity contribution in [2.75, 3.05) is 33.9 Å². The van der Waals surface area contributed by atoms with Gasteiger partial charge in [-0.2, -0.15) is 5.10 Å². The van der Waals surface area contributed by atoms with Crippen molar-refractivity contribution in [3.05, 3.63) is 65.9 Å². The van der Waals surface area contributed by atoms with Crippen molar-refractivity contribution in [3.8, 4) is 23.1 Å². The number of aryl methyl sites for hydroxylation is 1. The largest absolute Gasteiger partial charge is 0.497 e. The van der Waals surface area contributed by atoms with Crippen molar-refractivity contribution < 1.29 is 19.3 Å². The second kappa shape index (κ2) is 12.4. The summed E-state index contributed by atoms with van der Waals surface area (Å²) in [6.45, 7) is 6.53. The van der Waals surface area contributed by atoms with Crippen molar-refractivity contribution in [3.63, 3.8) is 0 Å². The van der Waals surface area contributed by atoms with E-state index >= 15 is 0 Å². The Morgan fingerprint density at radius 3 is 2.30 bits per heavy atom. The molecule has 178 valence electrons. The van der Waals surface area contributed by atoms with Crippen LogP contribution in [0.25, 0.3) is 5.69 Å². The highest BCUT2D eigenvalue weighted by atomic mass is 16.5. The molecule has 33 heavy (non-hydrogen) atoms. The molecule has 0 amide bonds. The fourth-order valence-electron chi connectivity index (χ4n) is 3.63. The summed E-state index contributed by atoms with van der Waals surface area (Å²) < 4.78 is 18.9. The van der Waals surface area contributed by atoms with Gasteiger partial charge in [0.25, 0.3) is 0 Å². The number of aliphatic hydroxyl groups excluding tert-OH is 1. The van der Waals surface area contributed by atoms with E-state index in [4.69, 9.17) is 19.3 Å². The SMILES string of the molecule is CCc1nn(-c2ccccc2)c(Oc2ccc(OC)cc2)c1CN(CCOC)C[C@@H](O)CC. The van der Waals surface area contributed by atoms with Gasteiger partial charge in [0, 0.05) is 26.7 Å². The Bertz CT molecular complexity index is 973. The van der Waals surface area contributed by atoms with Gasteiger partial charge in [0.15, 0.2) is 0 Å². The first-order valence-corrected chi connectivity index (χ1v) is 11.5. The Morgan fingerprint density at radius 2 is 1.70 bits per heavy atom. The average molecular weight is 454 g/mol. The molecule has 1 heterocycles. The molecule has 3 aromatic rings. The lowest BCUT2D eigenvalue weighted by Gasteiger charge is -2.25. The van der Waals surface area contributed by atoms with Crippen molar-refractivity contribution in [2.24, 2.45) is 0 Å². The summed E-state index contributed by atoms with van der Waals surface area (Å²) in [5.74, 6) is 2.15. The number of ether oxygens (including phenoxy) is 3. The van der Waals surface area contributed by atoms with E-state index in [1.807, 2.05) is 66.2 Å². The maximum atomic E-state index is 10.3. The van der Waals surface area contributed by atoms with Crippen LogP contribution < -0.4 is 9.47 Å². The quantitative estimate of drug-likeness (QED) is 0.412. The Labute approximate surface area is 196 Å². The number of benzene rings is 2. The number of hydrogen-bond donors (Lipinski definition) is 1. The monoisotopic (exact) mass is 453 g/mol. The van der Waals surface area contributed by atoms with Gasteiger partial charge < -0.3 is 19.3 Å². The second-order valence-electron chi connectivity index (χ2n) is 7.90. The fraction of sp³-hybridized carbons (Fsp3) is 0.423. The zero-order valence-electron chi connectivity index (χ0n) is 20.0. The van der Waals surface area contributed by atoms with Crippen LogP contribution in [0.3, 0.4) is 0 Å². The zero-order valence-corrected chi connectivity index (χ0v) is 20.0. The Balaban J connectivity index is 2.03. The molecule has 7 heteroatoms. The molecule has 0 bridgehead atoms. The first-order chi connectivity index (χ1) is 16.1. The number of aromatic nitrogens is 2. The topological polar surface area (TPSA) is 69.0 Å². The van der Waals surface area contributed by atoms with Crippen LogP contribution in [0.5, 0.6) is 17.4 Å². The van der Waals surface area contributed by atoms with E-state index in [1.54, 1.807) is 14.2 Å². The van der Waals surface area contributed by atoms with Crippen LogP contribution in [-0.2, 0) is 17.7 Å². The molecule has 1 N–H and O–H groups in total. The van der Waals surface area contributed by atoms with E-state index < -0.39 is 6.10 Å². The van der Waals surface area contributed by atoms with Gasteiger partial charge >= 0.3 is 0 Å². The normalized spacial score (nSPS) is 12.2. The highest BCUT2D eigenvalue weighted by Gasteiger charge is 2.23. The molecule has 0 unspecified atom stereocenters. The third kappa shape index (κ3) is 6.57. The lowest BCUT2D eigenvalue weighted by Crippen LogP contribution is -2.34. The number of aliphatic hydroxyl groups is 1. The minimum absolute atomic E-state index is 0.401. The molecular formula is C26H35N3O4. The summed E-state index contributed by atoms with van der Waals surface area (Å²) in [5.41, 5.74) is 2.91. The van der Waals surface area contributed by atoms with Gasteiger partial charge in [0.2, 0.25) is 5.88 Å². The molecule has 2 aromatic carbocycles. The van der Waals surface area contributed by atoms with E-state index in [2.05, 4.69) is 11.8 Å². The Kier molecular flexibility index (Phi) is 9.30. The smallest absolute Gasteiger partial charge is 0.227 e. The van der Waals surface area contributed by atoms with Crippen LogP contribution in [0, 0.1) is 0 Å². The van der Waals surface area contributed by atoms with Gasteiger partial charge in [-0.15, -0.1) is 0 Å². The summed E-state index contributed by atoms with van der Waals surface area (Å²) in [4.78, 5) is 2.20. The molecule has 0 saturated heterocycles. The van der Waals surface area contributed by atoms with Crippen LogP contribution in [0.15, 0.2) is 54.6 Å². The summed E-state index contributed by atoms with van der Waals surface area (Å²) in [6.07, 6.45) is 1.06. The van der Waals surface area contributed by atoms with E-state index in [9.17, 15) is 5.11 Å². The highest BCUT2D eigenvalue weighted by Crippen LogP contribution is 2.33. The lowest BCUT2D eigenvalue weighted by atomic mass is 10.1. The van der Waals surface area contributed by atoms with E-state index in [1.165, 1.54) is 0 Å². The molecular weight excluding hydrogens is 418 g/mol. The first kappa shape index (κ1) is 24.8. The maximum absolute atomic E-state index is 10.3. The van der Waals surface area contributed by atoms with Gasteiger partial charge in [0.1, 0.15) is 11.5 Å². The highest BCUT2D eigenvalue weighted by molar-refractivity contribution is 5.44. The van der Waals surface area contributed by atoms with E-state index in [0.29, 0.717) is 44.3 Å². The van der Waals surface area contributed by atoms with Crippen molar-refractivity contribution >= 4 is 0 Å². The molecule has 0 fully saturated rings. The zero-order chi connectivity index (χ0) is 23.6. The van der Waals surface area contributed by atoms with Crippen LogP contribution >= 0.6 is 0 Å². The number of para-hydroxylation sites is 1. The Hall–Kier alpha value is -2.87. The average Bonchev–Trinajstić information content (AvgIpc) is 3.20. The van der Waals surface area contributed by atoms with E-state index in [-0.39, 0.29) is 0 Å². The van der Waals surface area contributed by atoms with Gasteiger partial charge in [-0.3, -0.25) is 4.90 Å². The van der Waals surface area contributed by atoms with Gasteiger partial charge in [-0.25, -0.2) is 4.68 Å². The third-order valence-corrected chi connectivity index (χ3v) is 5.56. The van der Waals surface area contributed by atoms with Crippen LogP contribution in [0.2, 0.25) is 0 Å². The second-order valence-corrected chi connectivity index (χ2v) is 7.90. The molecule has 0 radical (unpaired) electrons. The predicted molar refractivity (Wildman–Crippen MR) is 129 cm³/mol. The van der Waals surface area contributed by atoms with E-state index in [0.717, 1.165) is 29.1 Å². The number of methoxy groups -OCH3 is 2. The van der Waals surface area contributed by atoms with Crippen LogP contribution in [-0.4, -0.2) is 59.8 Å². The molecule has 0 spiro atoms. The fourth-order valence-corrected chi connectivity index (χ4v) is 3.63. The number of hydrogen-bond acceptors (Lipinski definition) is 6. The predicted octanol–water partition coefficient (Wildman–Crippen LogP) is 4.45. The lowest BCUT2D eigenvalue weighted by molar-refractivity contribution is 0.0825. The van der Waals surface area contributed by atoms with Crippen molar-refractivity contribution in [1.29, 1.82) is 0 Å². The summed E-state index contributed by atoms with van der Waals surface area (Å²) >= 11 is 0. The van der Waals surface area contributed by atoms with Gasteiger partial charge in [0.05, 0.1) is 36.8 Å². The molecule has 3 rings (SSSR count). The minimum atomic E-state index is -0.401. The standard InChI is InChI=1S/C26H35N3O4/c1-5-21(30)18-28(16-17-31-3)19-24-25(6-2)27-29(20-10-8-7-9-11-20)26(24)33-23-14-12-22(32-4)13-15-23/h7-15,21,30H,5-6,16-19H2,1-4H3/t21-/m0/s1. The molecule has 0 aliphatic heterocycles. The Morgan fingerprint density at radius 1 is 1.00 bits per heavy atom. The molecule has 0 saturated carbocycles. The minimum Gasteiger partial charge on any atom is -0.497 e. The van der Waals surface area contributed by atoms with Crippen LogP contribution in [0.4, 0.5) is 0 Å². The third-order valence-electron chi connectivity index (χ3n) is 5.56. The maximum Gasteiger partial charge on any atom is 0.227 e. The molecule has 7 nitrogen and oxygen atoms in total. The number of rotatable bonds is 13. The first-order valence-electron chi connectivity index (χ1n) is 11.5. The van der Waals surface area contributed by atoms with Crippen molar-refractivity contribution in [2.45, 2.75) is 39.3 Å². The number of nitrogens with zero attached hydrogens (tertiary/aromatic N) is 3. The van der Waals surface area contributed by atoms with Crippen molar-refractivity contribution in [1.82, 2.24) is 14.7 Å². The molecule has 1 aromatic heterocycles. The summed E-state index contributed by atoms with van der Waals surface area (Å²) in [5, 5.41) is 15.2. The molecule has 1 atom stereocenters.